The van der Waals surface area contributed by atoms with Crippen molar-refractivity contribution in [3.8, 4) is 5.75 Å². The highest BCUT2D eigenvalue weighted by Gasteiger charge is 2.21. The third-order valence-corrected chi connectivity index (χ3v) is 2.77. The van der Waals surface area contributed by atoms with Gasteiger partial charge in [0.2, 0.25) is 0 Å². The Kier molecular flexibility index (Phi) is 4.52. The van der Waals surface area contributed by atoms with E-state index in [4.69, 9.17) is 9.84 Å². The summed E-state index contributed by atoms with van der Waals surface area (Å²) >= 11 is 0. The molecular formula is C13H19NO3. The normalized spacial score (nSPS) is 12.5. The van der Waals surface area contributed by atoms with Crippen LogP contribution in [-0.4, -0.2) is 25.2 Å². The van der Waals surface area contributed by atoms with Crippen molar-refractivity contribution in [3.63, 3.8) is 0 Å². The van der Waals surface area contributed by atoms with Gasteiger partial charge in [-0.3, -0.25) is 4.79 Å². The van der Waals surface area contributed by atoms with Crippen molar-refractivity contribution in [2.45, 2.75) is 25.8 Å². The quantitative estimate of drug-likeness (QED) is 0.824. The van der Waals surface area contributed by atoms with E-state index in [0.717, 1.165) is 5.56 Å². The molecule has 0 saturated carbocycles. The van der Waals surface area contributed by atoms with Gasteiger partial charge in [0.15, 0.2) is 0 Å². The zero-order chi connectivity index (χ0) is 13.0. The molecule has 0 heterocycles. The van der Waals surface area contributed by atoms with Crippen LogP contribution in [0.1, 0.15) is 36.9 Å². The molecule has 17 heavy (non-hydrogen) atoms. The van der Waals surface area contributed by atoms with Gasteiger partial charge in [0.1, 0.15) is 11.8 Å². The van der Waals surface area contributed by atoms with Crippen LogP contribution in [0.5, 0.6) is 5.75 Å². The molecule has 0 aliphatic rings. The number of carboxylic acids is 1. The predicted octanol–water partition coefficient (Wildman–Crippen LogP) is 2.16. The maximum absolute atomic E-state index is 11.1. The first-order chi connectivity index (χ1) is 8.01. The number of carbonyl (C=O) groups is 1. The molecule has 1 rings (SSSR count). The molecule has 0 radical (unpaired) electrons. The summed E-state index contributed by atoms with van der Waals surface area (Å²) in [5, 5.41) is 11.9. The summed E-state index contributed by atoms with van der Waals surface area (Å²) < 4.78 is 5.27. The van der Waals surface area contributed by atoms with Crippen LogP contribution in [0.3, 0.4) is 0 Å². The lowest BCUT2D eigenvalue weighted by Crippen LogP contribution is -2.25. The molecule has 0 saturated heterocycles. The molecule has 0 aliphatic carbocycles. The highest BCUT2D eigenvalue weighted by molar-refractivity contribution is 5.76. The minimum absolute atomic E-state index is 0.385. The first-order valence-corrected chi connectivity index (χ1v) is 5.59. The van der Waals surface area contributed by atoms with Gasteiger partial charge in [-0.1, -0.05) is 26.0 Å². The van der Waals surface area contributed by atoms with Gasteiger partial charge in [-0.2, -0.15) is 0 Å². The molecule has 0 aromatic heterocycles. The van der Waals surface area contributed by atoms with Crippen LogP contribution in [-0.2, 0) is 4.79 Å². The van der Waals surface area contributed by atoms with Gasteiger partial charge in [-0.15, -0.1) is 0 Å². The summed E-state index contributed by atoms with van der Waals surface area (Å²) in [6.07, 6.45) is 0. The number of hydrogen-bond acceptors (Lipinski definition) is 3. The van der Waals surface area contributed by atoms with E-state index >= 15 is 0 Å². The Morgan fingerprint density at radius 3 is 2.47 bits per heavy atom. The first-order valence-electron chi connectivity index (χ1n) is 5.59. The number of nitrogens with one attached hydrogen (secondary N) is 1. The van der Waals surface area contributed by atoms with Gasteiger partial charge >= 0.3 is 5.97 Å². The van der Waals surface area contributed by atoms with E-state index in [9.17, 15) is 4.79 Å². The van der Waals surface area contributed by atoms with Crippen molar-refractivity contribution in [2.75, 3.05) is 14.2 Å². The fourth-order valence-corrected chi connectivity index (χ4v) is 1.74. The molecule has 0 bridgehead atoms. The number of ether oxygens (including phenoxy) is 1. The molecule has 4 heteroatoms. The van der Waals surface area contributed by atoms with Crippen LogP contribution in [0, 0.1) is 0 Å². The van der Waals surface area contributed by atoms with Crippen molar-refractivity contribution in [3.05, 3.63) is 29.3 Å². The molecular weight excluding hydrogens is 218 g/mol. The summed E-state index contributed by atoms with van der Waals surface area (Å²) in [4.78, 5) is 11.1. The van der Waals surface area contributed by atoms with E-state index in [-0.39, 0.29) is 0 Å². The summed E-state index contributed by atoms with van der Waals surface area (Å²) in [5.41, 5.74) is 1.78. The predicted molar refractivity (Wildman–Crippen MR) is 66.5 cm³/mol. The van der Waals surface area contributed by atoms with Crippen LogP contribution in [0.15, 0.2) is 18.2 Å². The van der Waals surface area contributed by atoms with E-state index in [1.807, 2.05) is 18.2 Å². The number of benzene rings is 1. The highest BCUT2D eigenvalue weighted by Crippen LogP contribution is 2.29. The third-order valence-electron chi connectivity index (χ3n) is 2.77. The number of methoxy groups -OCH3 is 1. The Balaban J connectivity index is 3.20. The first kappa shape index (κ1) is 13.5. The maximum Gasteiger partial charge on any atom is 0.325 e. The SMILES string of the molecule is CNC(C(=O)O)c1ccc(C(C)C)cc1OC. The lowest BCUT2D eigenvalue weighted by atomic mass is 9.98. The smallest absolute Gasteiger partial charge is 0.325 e. The lowest BCUT2D eigenvalue weighted by molar-refractivity contribution is -0.139. The lowest BCUT2D eigenvalue weighted by Gasteiger charge is -2.17. The van der Waals surface area contributed by atoms with E-state index < -0.39 is 12.0 Å². The average molecular weight is 237 g/mol. The van der Waals surface area contributed by atoms with Gasteiger partial charge in [0.25, 0.3) is 0 Å². The zero-order valence-electron chi connectivity index (χ0n) is 10.7. The zero-order valence-corrected chi connectivity index (χ0v) is 10.7. The van der Waals surface area contributed by atoms with Crippen molar-refractivity contribution in [2.24, 2.45) is 0 Å². The number of hydrogen-bond donors (Lipinski definition) is 2. The molecule has 0 spiro atoms. The van der Waals surface area contributed by atoms with Crippen molar-refractivity contribution >= 4 is 5.97 Å². The van der Waals surface area contributed by atoms with E-state index in [2.05, 4.69) is 19.2 Å². The van der Waals surface area contributed by atoms with Crippen molar-refractivity contribution in [1.82, 2.24) is 5.32 Å². The molecule has 0 fully saturated rings. The third kappa shape index (κ3) is 2.97. The molecule has 1 aromatic carbocycles. The minimum Gasteiger partial charge on any atom is -0.496 e. The summed E-state index contributed by atoms with van der Waals surface area (Å²) in [5.74, 6) is 0.0804. The molecule has 2 N–H and O–H groups in total. The average Bonchev–Trinajstić information content (AvgIpc) is 2.29. The molecule has 0 aliphatic heterocycles. The Morgan fingerprint density at radius 1 is 1.41 bits per heavy atom. The van der Waals surface area contributed by atoms with E-state index in [1.165, 1.54) is 0 Å². The second kappa shape index (κ2) is 5.68. The topological polar surface area (TPSA) is 58.6 Å². The number of carboxylic acid groups (broad SMARTS) is 1. The molecule has 1 unspecified atom stereocenters. The molecule has 1 atom stereocenters. The second-order valence-corrected chi connectivity index (χ2v) is 4.22. The van der Waals surface area contributed by atoms with E-state index in [0.29, 0.717) is 17.2 Å². The fourth-order valence-electron chi connectivity index (χ4n) is 1.74. The Morgan fingerprint density at radius 2 is 2.06 bits per heavy atom. The van der Waals surface area contributed by atoms with E-state index in [1.54, 1.807) is 14.2 Å². The number of rotatable bonds is 5. The van der Waals surface area contributed by atoms with Crippen LogP contribution in [0.2, 0.25) is 0 Å². The highest BCUT2D eigenvalue weighted by atomic mass is 16.5. The molecule has 1 aromatic rings. The van der Waals surface area contributed by atoms with Crippen LogP contribution in [0.4, 0.5) is 0 Å². The van der Waals surface area contributed by atoms with Gasteiger partial charge in [-0.25, -0.2) is 0 Å². The Hall–Kier alpha value is -1.55. The fraction of sp³-hybridized carbons (Fsp3) is 0.462. The minimum atomic E-state index is -0.914. The standard InChI is InChI=1S/C13H19NO3/c1-8(2)9-5-6-10(11(7-9)17-4)12(14-3)13(15)16/h5-8,12,14H,1-4H3,(H,15,16). The summed E-state index contributed by atoms with van der Waals surface area (Å²) in [6.45, 7) is 4.17. The largest absolute Gasteiger partial charge is 0.496 e. The van der Waals surface area contributed by atoms with Crippen LogP contribution < -0.4 is 10.1 Å². The second-order valence-electron chi connectivity index (χ2n) is 4.22. The molecule has 4 nitrogen and oxygen atoms in total. The monoisotopic (exact) mass is 237 g/mol. The number of likely N-dealkylation sites (N-methyl/N-ethyl adjacent to an activating group) is 1. The maximum atomic E-state index is 11.1. The van der Waals surface area contributed by atoms with Crippen LogP contribution in [0.25, 0.3) is 0 Å². The van der Waals surface area contributed by atoms with Crippen molar-refractivity contribution < 1.29 is 14.6 Å². The van der Waals surface area contributed by atoms with Crippen LogP contribution >= 0.6 is 0 Å². The van der Waals surface area contributed by atoms with Gasteiger partial charge in [0.05, 0.1) is 7.11 Å². The van der Waals surface area contributed by atoms with Gasteiger partial charge in [0, 0.05) is 5.56 Å². The molecule has 94 valence electrons. The Labute approximate surface area is 102 Å². The van der Waals surface area contributed by atoms with Gasteiger partial charge < -0.3 is 15.2 Å². The Bertz CT molecular complexity index is 402. The van der Waals surface area contributed by atoms with Gasteiger partial charge in [-0.05, 0) is 24.6 Å². The molecule has 0 amide bonds. The summed E-state index contributed by atoms with van der Waals surface area (Å²) in [7, 11) is 3.17. The van der Waals surface area contributed by atoms with Crippen molar-refractivity contribution in [1.29, 1.82) is 0 Å². The number of aliphatic carboxylic acids is 1. The summed E-state index contributed by atoms with van der Waals surface area (Å²) in [6, 6.07) is 4.90.